The first kappa shape index (κ1) is 15.5. The van der Waals surface area contributed by atoms with E-state index in [1.165, 1.54) is 0 Å². The number of nitrogens with one attached hydrogen (secondary N) is 1. The number of phenols is 1. The fourth-order valence-corrected chi connectivity index (χ4v) is 1.80. The Bertz CT molecular complexity index is 411. The number of nitrogens with two attached hydrogens (primary N) is 1. The van der Waals surface area contributed by atoms with E-state index >= 15 is 0 Å². The highest BCUT2D eigenvalue weighted by Crippen LogP contribution is 2.15. The van der Waals surface area contributed by atoms with Gasteiger partial charge in [0.05, 0.1) is 6.04 Å². The molecule has 0 aliphatic carbocycles. The average molecular weight is 264 g/mol. The Balaban J connectivity index is 2.60. The van der Waals surface area contributed by atoms with Crippen LogP contribution in [-0.2, 0) is 11.2 Å². The zero-order chi connectivity index (χ0) is 14.5. The molecule has 0 radical (unpaired) electrons. The van der Waals surface area contributed by atoms with Crippen molar-refractivity contribution in [1.29, 1.82) is 0 Å². The van der Waals surface area contributed by atoms with Gasteiger partial charge in [-0.15, -0.1) is 0 Å². The second kappa shape index (κ2) is 6.57. The van der Waals surface area contributed by atoms with Crippen LogP contribution in [0.15, 0.2) is 24.3 Å². The smallest absolute Gasteiger partial charge is 0.237 e. The van der Waals surface area contributed by atoms with Crippen LogP contribution in [-0.4, -0.2) is 22.6 Å². The van der Waals surface area contributed by atoms with E-state index in [2.05, 4.69) is 19.2 Å². The maximum absolute atomic E-state index is 12.1. The van der Waals surface area contributed by atoms with Crippen LogP contribution in [0.2, 0.25) is 0 Å². The Hall–Kier alpha value is -1.55. The van der Waals surface area contributed by atoms with Gasteiger partial charge in [-0.1, -0.05) is 26.0 Å². The lowest BCUT2D eigenvalue weighted by Gasteiger charge is -2.29. The molecular formula is C15H24N2O2. The van der Waals surface area contributed by atoms with Crippen molar-refractivity contribution in [3.05, 3.63) is 29.8 Å². The van der Waals surface area contributed by atoms with Crippen molar-refractivity contribution in [2.24, 2.45) is 5.73 Å². The second-order valence-electron chi connectivity index (χ2n) is 5.23. The van der Waals surface area contributed by atoms with Crippen LogP contribution in [0.5, 0.6) is 5.75 Å². The van der Waals surface area contributed by atoms with Crippen LogP contribution in [0.3, 0.4) is 0 Å². The van der Waals surface area contributed by atoms with Gasteiger partial charge in [-0.25, -0.2) is 0 Å². The topological polar surface area (TPSA) is 75.4 Å². The molecule has 0 spiro atoms. The van der Waals surface area contributed by atoms with Gasteiger partial charge in [0.1, 0.15) is 5.75 Å². The maximum Gasteiger partial charge on any atom is 0.237 e. The first-order valence-corrected chi connectivity index (χ1v) is 6.75. The first-order valence-electron chi connectivity index (χ1n) is 6.75. The van der Waals surface area contributed by atoms with Crippen molar-refractivity contribution < 1.29 is 9.90 Å². The van der Waals surface area contributed by atoms with Gasteiger partial charge in [-0.2, -0.15) is 0 Å². The molecule has 0 saturated heterocycles. The van der Waals surface area contributed by atoms with Crippen molar-refractivity contribution >= 4 is 5.91 Å². The van der Waals surface area contributed by atoms with Crippen LogP contribution in [0.25, 0.3) is 0 Å². The Morgan fingerprint density at radius 2 is 1.84 bits per heavy atom. The fourth-order valence-electron chi connectivity index (χ4n) is 1.80. The minimum atomic E-state index is -0.568. The molecule has 0 heterocycles. The van der Waals surface area contributed by atoms with Gasteiger partial charge in [0.15, 0.2) is 0 Å². The number of aromatic hydroxyl groups is 1. The monoisotopic (exact) mass is 264 g/mol. The fraction of sp³-hybridized carbons (Fsp3) is 0.533. The summed E-state index contributed by atoms with van der Waals surface area (Å²) >= 11 is 0. The zero-order valence-electron chi connectivity index (χ0n) is 11.9. The van der Waals surface area contributed by atoms with Gasteiger partial charge in [0.2, 0.25) is 5.91 Å². The second-order valence-corrected chi connectivity index (χ2v) is 5.23. The molecule has 1 aromatic rings. The van der Waals surface area contributed by atoms with E-state index in [0.717, 1.165) is 18.4 Å². The van der Waals surface area contributed by atoms with E-state index in [-0.39, 0.29) is 17.2 Å². The number of carbonyl (C=O) groups excluding carboxylic acids is 1. The summed E-state index contributed by atoms with van der Waals surface area (Å²) in [7, 11) is 0. The van der Waals surface area contributed by atoms with Gasteiger partial charge in [0, 0.05) is 5.54 Å². The number of rotatable bonds is 6. The summed E-state index contributed by atoms with van der Waals surface area (Å²) in [6.45, 7) is 6.13. The molecule has 4 heteroatoms. The third-order valence-electron chi connectivity index (χ3n) is 3.71. The van der Waals surface area contributed by atoms with E-state index in [1.807, 2.05) is 6.92 Å². The van der Waals surface area contributed by atoms with Crippen molar-refractivity contribution in [3.63, 3.8) is 0 Å². The van der Waals surface area contributed by atoms with E-state index in [0.29, 0.717) is 6.42 Å². The molecule has 0 aromatic heterocycles. The first-order chi connectivity index (χ1) is 8.90. The molecule has 106 valence electrons. The highest BCUT2D eigenvalue weighted by atomic mass is 16.3. The normalized spacial score (nSPS) is 13.1. The number of phenolic OH excluding ortho intramolecular Hbond substituents is 1. The highest BCUT2D eigenvalue weighted by Gasteiger charge is 2.24. The van der Waals surface area contributed by atoms with Gasteiger partial charge in [0.25, 0.3) is 0 Å². The number of hydrogen-bond acceptors (Lipinski definition) is 3. The standard InChI is InChI=1S/C15H24N2O2/c1-4-15(3,5-2)17-14(19)13(16)10-11-6-8-12(18)9-7-11/h6-9,13,18H,4-5,10,16H2,1-3H3,(H,17,19)/t13-/m1/s1. The predicted octanol–water partition coefficient (Wildman–Crippen LogP) is 1.96. The lowest BCUT2D eigenvalue weighted by Crippen LogP contribution is -2.52. The summed E-state index contributed by atoms with van der Waals surface area (Å²) in [4.78, 5) is 12.1. The number of hydrogen-bond donors (Lipinski definition) is 3. The van der Waals surface area contributed by atoms with E-state index < -0.39 is 6.04 Å². The molecule has 0 fully saturated rings. The van der Waals surface area contributed by atoms with Gasteiger partial charge >= 0.3 is 0 Å². The van der Waals surface area contributed by atoms with Crippen molar-refractivity contribution in [2.45, 2.75) is 51.6 Å². The summed E-state index contributed by atoms with van der Waals surface area (Å²) in [5.41, 5.74) is 6.68. The van der Waals surface area contributed by atoms with Crippen LogP contribution in [0.4, 0.5) is 0 Å². The molecular weight excluding hydrogens is 240 g/mol. The minimum Gasteiger partial charge on any atom is -0.508 e. The van der Waals surface area contributed by atoms with Crippen molar-refractivity contribution in [2.75, 3.05) is 0 Å². The molecule has 0 bridgehead atoms. The molecule has 4 nitrogen and oxygen atoms in total. The Morgan fingerprint density at radius 1 is 1.32 bits per heavy atom. The molecule has 0 aliphatic heterocycles. The molecule has 1 amide bonds. The van der Waals surface area contributed by atoms with Crippen LogP contribution >= 0.6 is 0 Å². The molecule has 4 N–H and O–H groups in total. The number of amides is 1. The zero-order valence-corrected chi connectivity index (χ0v) is 11.9. The third kappa shape index (κ3) is 4.56. The summed E-state index contributed by atoms with van der Waals surface area (Å²) in [5, 5.41) is 12.2. The average Bonchev–Trinajstić information content (AvgIpc) is 2.41. The Kier molecular flexibility index (Phi) is 5.36. The molecule has 0 aliphatic rings. The summed E-state index contributed by atoms with van der Waals surface area (Å²) in [6, 6.07) is 6.19. The van der Waals surface area contributed by atoms with Gasteiger partial charge < -0.3 is 16.2 Å². The maximum atomic E-state index is 12.1. The van der Waals surface area contributed by atoms with E-state index in [9.17, 15) is 9.90 Å². The van der Waals surface area contributed by atoms with E-state index in [1.54, 1.807) is 24.3 Å². The van der Waals surface area contributed by atoms with Gasteiger partial charge in [-0.05, 0) is 43.9 Å². The summed E-state index contributed by atoms with van der Waals surface area (Å²) < 4.78 is 0. The molecule has 1 rings (SSSR count). The Labute approximate surface area is 115 Å². The summed E-state index contributed by atoms with van der Waals surface area (Å²) in [6.07, 6.45) is 2.22. The molecule has 0 unspecified atom stereocenters. The van der Waals surface area contributed by atoms with E-state index in [4.69, 9.17) is 5.73 Å². The SMILES string of the molecule is CCC(C)(CC)NC(=O)[C@H](N)Cc1ccc(O)cc1. The summed E-state index contributed by atoms with van der Waals surface area (Å²) in [5.74, 6) is 0.0885. The Morgan fingerprint density at radius 3 is 2.32 bits per heavy atom. The molecule has 1 aromatic carbocycles. The van der Waals surface area contributed by atoms with Crippen LogP contribution in [0.1, 0.15) is 39.2 Å². The van der Waals surface area contributed by atoms with Crippen molar-refractivity contribution in [3.8, 4) is 5.75 Å². The molecule has 1 atom stereocenters. The molecule has 19 heavy (non-hydrogen) atoms. The van der Waals surface area contributed by atoms with Crippen LogP contribution < -0.4 is 11.1 Å². The minimum absolute atomic E-state index is 0.126. The lowest BCUT2D eigenvalue weighted by atomic mass is 9.94. The highest BCUT2D eigenvalue weighted by molar-refractivity contribution is 5.82. The van der Waals surface area contributed by atoms with Gasteiger partial charge in [-0.3, -0.25) is 4.79 Å². The van der Waals surface area contributed by atoms with Crippen LogP contribution in [0, 0.1) is 0 Å². The quantitative estimate of drug-likeness (QED) is 0.735. The van der Waals surface area contributed by atoms with Crippen molar-refractivity contribution in [1.82, 2.24) is 5.32 Å². The molecule has 0 saturated carbocycles. The third-order valence-corrected chi connectivity index (χ3v) is 3.71. The predicted molar refractivity (Wildman–Crippen MR) is 76.9 cm³/mol. The number of carbonyl (C=O) groups is 1. The largest absolute Gasteiger partial charge is 0.508 e. The number of benzene rings is 1. The lowest BCUT2D eigenvalue weighted by molar-refractivity contribution is -0.124.